The molecule has 0 saturated carbocycles. The molecule has 0 N–H and O–H groups in total. The van der Waals surface area contributed by atoms with Crippen LogP contribution in [0.3, 0.4) is 0 Å². The SMILES string of the molecule is O=C1C(=Nc2ccc(Oc3ccccc3)cc2)c2ccccc2N1CN1CCCCC1. The van der Waals surface area contributed by atoms with Crippen LogP contribution < -0.4 is 9.64 Å². The van der Waals surface area contributed by atoms with Crippen molar-refractivity contribution in [2.45, 2.75) is 19.3 Å². The average molecular weight is 412 g/mol. The molecule has 156 valence electrons. The smallest absolute Gasteiger partial charge is 0.278 e. The molecule has 0 aromatic heterocycles. The lowest BCUT2D eigenvalue weighted by molar-refractivity contribution is -0.112. The van der Waals surface area contributed by atoms with Crippen LogP contribution in [0.2, 0.25) is 0 Å². The van der Waals surface area contributed by atoms with E-state index in [1.54, 1.807) is 0 Å². The number of ether oxygens (including phenoxy) is 1. The minimum Gasteiger partial charge on any atom is -0.457 e. The van der Waals surface area contributed by atoms with E-state index in [4.69, 9.17) is 9.73 Å². The predicted octanol–water partition coefficient (Wildman–Crippen LogP) is 5.39. The van der Waals surface area contributed by atoms with E-state index in [0.717, 1.165) is 41.5 Å². The van der Waals surface area contributed by atoms with Crippen LogP contribution in [0.15, 0.2) is 83.9 Å². The Hall–Kier alpha value is -3.44. The molecule has 3 aromatic carbocycles. The van der Waals surface area contributed by atoms with Crippen LogP contribution in [-0.4, -0.2) is 36.3 Å². The molecule has 1 amide bonds. The summed E-state index contributed by atoms with van der Waals surface area (Å²) in [4.78, 5) is 22.2. The summed E-state index contributed by atoms with van der Waals surface area (Å²) in [5, 5.41) is 0. The summed E-state index contributed by atoms with van der Waals surface area (Å²) in [5.74, 6) is 1.49. The summed E-state index contributed by atoms with van der Waals surface area (Å²) >= 11 is 0. The third kappa shape index (κ3) is 4.23. The number of rotatable bonds is 5. The minimum atomic E-state index is -0.0311. The van der Waals surface area contributed by atoms with Gasteiger partial charge in [-0.2, -0.15) is 0 Å². The second-order valence-electron chi connectivity index (χ2n) is 7.94. The van der Waals surface area contributed by atoms with Gasteiger partial charge in [-0.15, -0.1) is 0 Å². The van der Waals surface area contributed by atoms with Gasteiger partial charge < -0.3 is 4.74 Å². The third-order valence-electron chi connectivity index (χ3n) is 5.74. The zero-order chi connectivity index (χ0) is 21.0. The highest BCUT2D eigenvalue weighted by Gasteiger charge is 2.34. The molecular formula is C26H25N3O2. The predicted molar refractivity (Wildman–Crippen MR) is 123 cm³/mol. The van der Waals surface area contributed by atoms with Gasteiger partial charge in [-0.25, -0.2) is 4.99 Å². The lowest BCUT2D eigenvalue weighted by atomic mass is 10.1. The summed E-state index contributed by atoms with van der Waals surface area (Å²) in [5.41, 5.74) is 3.08. The molecule has 5 rings (SSSR count). The van der Waals surface area contributed by atoms with Crippen LogP contribution in [0.1, 0.15) is 24.8 Å². The first-order valence-corrected chi connectivity index (χ1v) is 10.8. The Kier molecular flexibility index (Phi) is 5.50. The molecule has 3 aromatic rings. The van der Waals surface area contributed by atoms with Crippen molar-refractivity contribution in [1.29, 1.82) is 0 Å². The van der Waals surface area contributed by atoms with Gasteiger partial charge in [0, 0.05) is 5.56 Å². The molecule has 0 bridgehead atoms. The van der Waals surface area contributed by atoms with Crippen molar-refractivity contribution in [3.8, 4) is 11.5 Å². The number of benzene rings is 3. The molecule has 2 aliphatic rings. The summed E-state index contributed by atoms with van der Waals surface area (Å²) in [6.45, 7) is 2.71. The van der Waals surface area contributed by atoms with Crippen molar-refractivity contribution in [3.63, 3.8) is 0 Å². The van der Waals surface area contributed by atoms with Gasteiger partial charge in [0.1, 0.15) is 17.2 Å². The van der Waals surface area contributed by atoms with Gasteiger partial charge in [0.2, 0.25) is 0 Å². The van der Waals surface area contributed by atoms with Gasteiger partial charge in [-0.05, 0) is 68.4 Å². The number of anilines is 1. The number of fused-ring (bicyclic) bond motifs is 1. The van der Waals surface area contributed by atoms with Crippen molar-refractivity contribution < 1.29 is 9.53 Å². The number of piperidine rings is 1. The summed E-state index contributed by atoms with van der Waals surface area (Å²) in [7, 11) is 0. The molecule has 2 aliphatic heterocycles. The largest absolute Gasteiger partial charge is 0.457 e. The van der Waals surface area contributed by atoms with Crippen LogP contribution in [0, 0.1) is 0 Å². The van der Waals surface area contributed by atoms with Crippen LogP contribution in [0.4, 0.5) is 11.4 Å². The van der Waals surface area contributed by atoms with Crippen molar-refractivity contribution in [2.24, 2.45) is 4.99 Å². The third-order valence-corrected chi connectivity index (χ3v) is 5.74. The van der Waals surface area contributed by atoms with Crippen LogP contribution in [0.25, 0.3) is 0 Å². The molecular weight excluding hydrogens is 386 g/mol. The second kappa shape index (κ2) is 8.74. The molecule has 5 heteroatoms. The van der Waals surface area contributed by atoms with E-state index in [0.29, 0.717) is 12.4 Å². The molecule has 31 heavy (non-hydrogen) atoms. The van der Waals surface area contributed by atoms with E-state index in [1.165, 1.54) is 19.3 Å². The van der Waals surface area contributed by atoms with E-state index in [1.807, 2.05) is 83.8 Å². The van der Waals surface area contributed by atoms with Crippen molar-refractivity contribution in [1.82, 2.24) is 4.90 Å². The second-order valence-corrected chi connectivity index (χ2v) is 7.94. The zero-order valence-corrected chi connectivity index (χ0v) is 17.4. The van der Waals surface area contributed by atoms with Gasteiger partial charge in [-0.3, -0.25) is 14.6 Å². The van der Waals surface area contributed by atoms with E-state index < -0.39 is 0 Å². The Balaban J connectivity index is 1.38. The highest BCUT2D eigenvalue weighted by molar-refractivity contribution is 6.54. The van der Waals surface area contributed by atoms with E-state index >= 15 is 0 Å². The number of para-hydroxylation sites is 2. The minimum absolute atomic E-state index is 0.0311. The standard InChI is InChI=1S/C26H25N3O2/c30-26-25(27-20-13-15-22(16-14-20)31-21-9-3-1-4-10-21)23-11-5-6-12-24(23)29(26)19-28-17-7-2-8-18-28/h1,3-6,9-16H,2,7-8,17-19H2. The molecule has 0 unspecified atom stereocenters. The first-order valence-electron chi connectivity index (χ1n) is 10.8. The quantitative estimate of drug-likeness (QED) is 0.565. The zero-order valence-electron chi connectivity index (χ0n) is 17.4. The molecule has 0 atom stereocenters. The lowest BCUT2D eigenvalue weighted by Crippen LogP contribution is -2.43. The molecule has 1 saturated heterocycles. The van der Waals surface area contributed by atoms with Gasteiger partial charge >= 0.3 is 0 Å². The normalized spacial score (nSPS) is 17.7. The molecule has 0 aliphatic carbocycles. The van der Waals surface area contributed by atoms with Crippen LogP contribution >= 0.6 is 0 Å². The van der Waals surface area contributed by atoms with Gasteiger partial charge in [-0.1, -0.05) is 42.8 Å². The monoisotopic (exact) mass is 411 g/mol. The maximum Gasteiger partial charge on any atom is 0.278 e. The molecule has 0 radical (unpaired) electrons. The number of carbonyl (C=O) groups is 1. The molecule has 1 fully saturated rings. The Labute approximate surface area is 182 Å². The van der Waals surface area contributed by atoms with Crippen LogP contribution in [-0.2, 0) is 4.79 Å². The topological polar surface area (TPSA) is 45.1 Å². The number of hydrogen-bond donors (Lipinski definition) is 0. The van der Waals surface area contributed by atoms with Crippen LogP contribution in [0.5, 0.6) is 11.5 Å². The number of nitrogens with zero attached hydrogens (tertiary/aromatic N) is 3. The van der Waals surface area contributed by atoms with Gasteiger partial charge in [0.15, 0.2) is 0 Å². The maximum atomic E-state index is 13.3. The number of hydrogen-bond acceptors (Lipinski definition) is 4. The number of aliphatic imine (C=N–C) groups is 1. The summed E-state index contributed by atoms with van der Waals surface area (Å²) in [6.07, 6.45) is 3.67. The molecule has 0 spiro atoms. The van der Waals surface area contributed by atoms with Crippen molar-refractivity contribution in [3.05, 3.63) is 84.4 Å². The molecule has 2 heterocycles. The van der Waals surface area contributed by atoms with E-state index in [9.17, 15) is 4.79 Å². The Bertz CT molecular complexity index is 1090. The van der Waals surface area contributed by atoms with Crippen molar-refractivity contribution >= 4 is 23.0 Å². The first-order chi connectivity index (χ1) is 15.3. The highest BCUT2D eigenvalue weighted by atomic mass is 16.5. The highest BCUT2D eigenvalue weighted by Crippen LogP contribution is 2.32. The fourth-order valence-electron chi connectivity index (χ4n) is 4.15. The van der Waals surface area contributed by atoms with Crippen molar-refractivity contribution in [2.75, 3.05) is 24.7 Å². The average Bonchev–Trinajstić information content (AvgIpc) is 3.08. The molecule has 5 nitrogen and oxygen atoms in total. The summed E-state index contributed by atoms with van der Waals surface area (Å²) in [6, 6.07) is 25.1. The fourth-order valence-corrected chi connectivity index (χ4v) is 4.15. The number of likely N-dealkylation sites (tertiary alicyclic amines) is 1. The maximum absolute atomic E-state index is 13.3. The first kappa shape index (κ1) is 19.5. The summed E-state index contributed by atoms with van der Waals surface area (Å²) < 4.78 is 5.85. The Morgan fingerprint density at radius 1 is 0.774 bits per heavy atom. The Morgan fingerprint density at radius 3 is 2.23 bits per heavy atom. The van der Waals surface area contributed by atoms with E-state index in [2.05, 4.69) is 4.90 Å². The fraction of sp³-hybridized carbons (Fsp3) is 0.231. The Morgan fingerprint density at radius 2 is 1.45 bits per heavy atom. The van der Waals surface area contributed by atoms with E-state index in [-0.39, 0.29) is 5.91 Å². The van der Waals surface area contributed by atoms with Gasteiger partial charge in [0.05, 0.1) is 18.0 Å². The lowest BCUT2D eigenvalue weighted by Gasteiger charge is -2.30. The number of amides is 1. The number of carbonyl (C=O) groups excluding carboxylic acids is 1. The van der Waals surface area contributed by atoms with Gasteiger partial charge in [0.25, 0.3) is 5.91 Å².